The summed E-state index contributed by atoms with van der Waals surface area (Å²) in [6, 6.07) is 50.2. The molecular formula is C44H26N4O. The maximum absolute atomic E-state index is 6.15. The summed E-state index contributed by atoms with van der Waals surface area (Å²) in [7, 11) is 0. The quantitative estimate of drug-likeness (QED) is 0.182. The van der Waals surface area contributed by atoms with Crippen LogP contribution in [0.3, 0.4) is 0 Å². The van der Waals surface area contributed by atoms with Crippen molar-refractivity contribution in [2.75, 3.05) is 0 Å². The second-order valence-corrected chi connectivity index (χ2v) is 12.3. The topological polar surface area (TPSA) is 64.7 Å². The van der Waals surface area contributed by atoms with Crippen molar-refractivity contribution in [3.05, 3.63) is 158 Å². The summed E-state index contributed by atoms with van der Waals surface area (Å²) in [5.41, 5.74) is 6.80. The van der Waals surface area contributed by atoms with Crippen molar-refractivity contribution >= 4 is 54.3 Å². The van der Waals surface area contributed by atoms with Crippen molar-refractivity contribution in [3.63, 3.8) is 0 Å². The fourth-order valence-corrected chi connectivity index (χ4v) is 7.03. The molecule has 49 heavy (non-hydrogen) atoms. The van der Waals surface area contributed by atoms with E-state index in [0.29, 0.717) is 17.5 Å². The molecule has 0 N–H and O–H groups in total. The van der Waals surface area contributed by atoms with Crippen LogP contribution in [0.2, 0.25) is 0 Å². The third-order valence-electron chi connectivity index (χ3n) is 9.42. The van der Waals surface area contributed by atoms with E-state index in [-0.39, 0.29) is 0 Å². The summed E-state index contributed by atoms with van der Waals surface area (Å²) in [6.45, 7) is 0. The number of hydrogen-bond acceptors (Lipinski definition) is 5. The second kappa shape index (κ2) is 10.9. The molecule has 3 heterocycles. The van der Waals surface area contributed by atoms with Crippen LogP contribution in [-0.2, 0) is 0 Å². The molecule has 10 rings (SSSR count). The van der Waals surface area contributed by atoms with E-state index in [0.717, 1.165) is 60.5 Å². The highest BCUT2D eigenvalue weighted by molar-refractivity contribution is 6.17. The molecule has 0 aliphatic heterocycles. The van der Waals surface area contributed by atoms with Gasteiger partial charge in [0.05, 0.1) is 0 Å². The number of benzene rings is 7. The van der Waals surface area contributed by atoms with E-state index in [1.807, 2.05) is 67.0 Å². The van der Waals surface area contributed by atoms with E-state index in [9.17, 15) is 0 Å². The SMILES string of the molecule is c1ccc(-c2nc(-c3ccc(-c4cccc5oc6ccccc6c45)cc3)nc(-c3ccc4c(ccc5c6ccncc6ccc45)c3)n2)cc1. The average molecular weight is 627 g/mol. The van der Waals surface area contributed by atoms with Crippen LogP contribution in [0.4, 0.5) is 0 Å². The molecule has 228 valence electrons. The molecule has 0 aliphatic rings. The maximum Gasteiger partial charge on any atom is 0.164 e. The van der Waals surface area contributed by atoms with Crippen molar-refractivity contribution in [1.82, 2.24) is 19.9 Å². The fourth-order valence-electron chi connectivity index (χ4n) is 7.03. The third kappa shape index (κ3) is 4.55. The molecule has 0 fully saturated rings. The van der Waals surface area contributed by atoms with Crippen LogP contribution in [0.15, 0.2) is 162 Å². The number of rotatable bonds is 4. The first kappa shape index (κ1) is 27.4. The van der Waals surface area contributed by atoms with E-state index in [1.54, 1.807) is 0 Å². The molecule has 5 heteroatoms. The van der Waals surface area contributed by atoms with Crippen LogP contribution in [0.25, 0.3) is 99.5 Å². The lowest BCUT2D eigenvalue weighted by molar-refractivity contribution is 0.669. The lowest BCUT2D eigenvalue weighted by Gasteiger charge is -2.11. The van der Waals surface area contributed by atoms with Gasteiger partial charge in [0.2, 0.25) is 0 Å². The van der Waals surface area contributed by atoms with Gasteiger partial charge < -0.3 is 4.42 Å². The minimum Gasteiger partial charge on any atom is -0.456 e. The molecule has 0 aliphatic carbocycles. The van der Waals surface area contributed by atoms with Crippen molar-refractivity contribution in [2.24, 2.45) is 0 Å². The number of hydrogen-bond donors (Lipinski definition) is 0. The molecule has 0 saturated heterocycles. The highest BCUT2D eigenvalue weighted by Crippen LogP contribution is 2.38. The predicted octanol–water partition coefficient (Wildman–Crippen LogP) is 11.3. The fraction of sp³-hybridized carbons (Fsp3) is 0. The summed E-state index contributed by atoms with van der Waals surface area (Å²) < 4.78 is 6.15. The Morgan fingerprint density at radius 1 is 0.388 bits per heavy atom. The highest BCUT2D eigenvalue weighted by Gasteiger charge is 2.16. The molecule has 3 aromatic heterocycles. The van der Waals surface area contributed by atoms with Gasteiger partial charge in [-0.2, -0.15) is 0 Å². The van der Waals surface area contributed by atoms with Crippen molar-refractivity contribution in [1.29, 1.82) is 0 Å². The molecule has 0 unspecified atom stereocenters. The Morgan fingerprint density at radius 2 is 1.00 bits per heavy atom. The molecule has 0 bridgehead atoms. The number of pyridine rings is 1. The Kier molecular flexibility index (Phi) is 6.11. The lowest BCUT2D eigenvalue weighted by atomic mass is 9.97. The highest BCUT2D eigenvalue weighted by atomic mass is 16.3. The molecule has 0 saturated carbocycles. The number of nitrogens with zero attached hydrogens (tertiary/aromatic N) is 4. The van der Waals surface area contributed by atoms with Gasteiger partial charge in [-0.25, -0.2) is 15.0 Å². The second-order valence-electron chi connectivity index (χ2n) is 12.3. The Bertz CT molecular complexity index is 2880. The van der Waals surface area contributed by atoms with Crippen molar-refractivity contribution in [2.45, 2.75) is 0 Å². The first-order chi connectivity index (χ1) is 24.3. The molecule has 0 atom stereocenters. The number of furan rings is 1. The van der Waals surface area contributed by atoms with Gasteiger partial charge in [0.15, 0.2) is 17.5 Å². The van der Waals surface area contributed by atoms with Crippen LogP contribution in [-0.4, -0.2) is 19.9 Å². The Balaban J connectivity index is 1.09. The van der Waals surface area contributed by atoms with Gasteiger partial charge in [0, 0.05) is 45.2 Å². The van der Waals surface area contributed by atoms with Gasteiger partial charge in [0.1, 0.15) is 11.2 Å². The molecule has 7 aromatic carbocycles. The van der Waals surface area contributed by atoms with Crippen molar-refractivity contribution in [3.8, 4) is 45.3 Å². The van der Waals surface area contributed by atoms with Gasteiger partial charge in [-0.05, 0) is 62.3 Å². The summed E-state index contributed by atoms with van der Waals surface area (Å²) in [6.07, 6.45) is 3.77. The standard InChI is InChI=1S/C44H26N4O/c1-2-7-28(8-3-1)42-46-43(29-15-13-27(14-16-29)35-10-6-12-40-41(35)38-9-4-5-11-39(38)49-40)48-44(47-42)31-18-20-33-30(25-31)17-21-37-34-23-24-45-26-32(34)19-22-36(33)37/h1-26H. The average Bonchev–Trinajstić information content (AvgIpc) is 3.57. The van der Waals surface area contributed by atoms with E-state index in [2.05, 4.69) is 96.0 Å². The summed E-state index contributed by atoms with van der Waals surface area (Å²) in [4.78, 5) is 19.3. The molecule has 5 nitrogen and oxygen atoms in total. The minimum atomic E-state index is 0.626. The lowest BCUT2D eigenvalue weighted by Crippen LogP contribution is -2.00. The van der Waals surface area contributed by atoms with Gasteiger partial charge in [-0.3, -0.25) is 4.98 Å². The van der Waals surface area contributed by atoms with Gasteiger partial charge in [-0.15, -0.1) is 0 Å². The van der Waals surface area contributed by atoms with Gasteiger partial charge >= 0.3 is 0 Å². The summed E-state index contributed by atoms with van der Waals surface area (Å²) in [5.74, 6) is 1.90. The number of fused-ring (bicyclic) bond motifs is 8. The van der Waals surface area contributed by atoms with Crippen LogP contribution in [0.1, 0.15) is 0 Å². The Morgan fingerprint density at radius 3 is 1.82 bits per heavy atom. The number of para-hydroxylation sites is 1. The predicted molar refractivity (Wildman–Crippen MR) is 199 cm³/mol. The van der Waals surface area contributed by atoms with Crippen LogP contribution in [0.5, 0.6) is 0 Å². The molecule has 0 amide bonds. The van der Waals surface area contributed by atoms with Crippen LogP contribution >= 0.6 is 0 Å². The van der Waals surface area contributed by atoms with E-state index in [4.69, 9.17) is 19.4 Å². The molecular weight excluding hydrogens is 601 g/mol. The van der Waals surface area contributed by atoms with Crippen LogP contribution < -0.4 is 0 Å². The normalized spacial score (nSPS) is 11.7. The van der Waals surface area contributed by atoms with E-state index < -0.39 is 0 Å². The van der Waals surface area contributed by atoms with Gasteiger partial charge in [0.25, 0.3) is 0 Å². The zero-order chi connectivity index (χ0) is 32.3. The first-order valence-corrected chi connectivity index (χ1v) is 16.3. The summed E-state index contributed by atoms with van der Waals surface area (Å²) >= 11 is 0. The molecule has 0 spiro atoms. The molecule has 10 aromatic rings. The van der Waals surface area contributed by atoms with E-state index in [1.165, 1.54) is 21.5 Å². The smallest absolute Gasteiger partial charge is 0.164 e. The third-order valence-corrected chi connectivity index (χ3v) is 9.42. The maximum atomic E-state index is 6.15. The minimum absolute atomic E-state index is 0.626. The van der Waals surface area contributed by atoms with Crippen LogP contribution in [0, 0.1) is 0 Å². The first-order valence-electron chi connectivity index (χ1n) is 16.3. The molecule has 0 radical (unpaired) electrons. The summed E-state index contributed by atoms with van der Waals surface area (Å²) in [5, 5.41) is 9.32. The number of aromatic nitrogens is 4. The zero-order valence-corrected chi connectivity index (χ0v) is 26.2. The van der Waals surface area contributed by atoms with E-state index >= 15 is 0 Å². The zero-order valence-electron chi connectivity index (χ0n) is 26.2. The van der Waals surface area contributed by atoms with Gasteiger partial charge in [-0.1, -0.05) is 121 Å². The largest absolute Gasteiger partial charge is 0.456 e. The monoisotopic (exact) mass is 626 g/mol. The van der Waals surface area contributed by atoms with Crippen molar-refractivity contribution < 1.29 is 4.42 Å². The Labute approximate surface area is 281 Å². The Hall–Kier alpha value is -6.72.